The first kappa shape index (κ1) is 13.3. The van der Waals surface area contributed by atoms with Crippen molar-refractivity contribution in [3.05, 3.63) is 52.7 Å². The first-order chi connectivity index (χ1) is 9.13. The van der Waals surface area contributed by atoms with Crippen molar-refractivity contribution in [1.29, 1.82) is 0 Å². The maximum Gasteiger partial charge on any atom is 0.290 e. The number of aryl methyl sites for hydroxylation is 1. The van der Waals surface area contributed by atoms with Gasteiger partial charge in [-0.05, 0) is 30.7 Å². The van der Waals surface area contributed by atoms with Crippen LogP contribution in [0.3, 0.4) is 0 Å². The highest BCUT2D eigenvalue weighted by atomic mass is 35.5. The average molecular weight is 275 g/mol. The van der Waals surface area contributed by atoms with E-state index >= 15 is 0 Å². The number of nitrogens with zero attached hydrogens (tertiary/aromatic N) is 2. The van der Waals surface area contributed by atoms with Gasteiger partial charge in [-0.2, -0.15) is 0 Å². The molecule has 0 radical (unpaired) electrons. The molecule has 0 unspecified atom stereocenters. The number of aliphatic imine (C=N–C) groups is 1. The molecule has 0 saturated carbocycles. The summed E-state index contributed by atoms with van der Waals surface area (Å²) in [6.45, 7) is 2.54. The van der Waals surface area contributed by atoms with Gasteiger partial charge in [0.25, 0.3) is 5.91 Å². The fourth-order valence-electron chi connectivity index (χ4n) is 1.85. The lowest BCUT2D eigenvalue weighted by molar-refractivity contribution is -0.114. The Morgan fingerprint density at radius 3 is 2.95 bits per heavy atom. The smallest absolute Gasteiger partial charge is 0.290 e. The predicted octanol–water partition coefficient (Wildman–Crippen LogP) is 2.68. The van der Waals surface area contributed by atoms with E-state index in [0.717, 1.165) is 11.3 Å². The zero-order valence-electron chi connectivity index (χ0n) is 10.3. The van der Waals surface area contributed by atoms with Gasteiger partial charge < -0.3 is 4.90 Å². The molecule has 19 heavy (non-hydrogen) atoms. The number of benzene rings is 1. The maximum absolute atomic E-state index is 11.6. The monoisotopic (exact) mass is 274 g/mol. The second-order valence-electron chi connectivity index (χ2n) is 4.06. The van der Waals surface area contributed by atoms with Crippen LogP contribution in [0, 0.1) is 6.92 Å². The molecule has 96 valence electrons. The highest BCUT2D eigenvalue weighted by Gasteiger charge is 2.20. The molecule has 0 saturated heterocycles. The highest BCUT2D eigenvalue weighted by molar-refractivity contribution is 6.34. The summed E-state index contributed by atoms with van der Waals surface area (Å²) in [5, 5.41) is 0.261. The second-order valence-corrected chi connectivity index (χ2v) is 4.42. The van der Waals surface area contributed by atoms with Crippen molar-refractivity contribution >= 4 is 29.3 Å². The average Bonchev–Trinajstić information content (AvgIpc) is 2.39. The van der Waals surface area contributed by atoms with E-state index in [9.17, 15) is 9.59 Å². The number of amides is 1. The largest absolute Gasteiger partial charge is 0.328 e. The lowest BCUT2D eigenvalue weighted by atomic mass is 10.1. The summed E-state index contributed by atoms with van der Waals surface area (Å²) < 4.78 is 0. The van der Waals surface area contributed by atoms with Gasteiger partial charge in [0.2, 0.25) is 6.08 Å². The van der Waals surface area contributed by atoms with Crippen LogP contribution in [0.25, 0.3) is 0 Å². The van der Waals surface area contributed by atoms with Crippen LogP contribution in [-0.2, 0) is 9.59 Å². The van der Waals surface area contributed by atoms with Crippen molar-refractivity contribution < 1.29 is 9.59 Å². The fourth-order valence-corrected chi connectivity index (χ4v) is 2.16. The van der Waals surface area contributed by atoms with Crippen LogP contribution in [0.2, 0.25) is 0 Å². The van der Waals surface area contributed by atoms with Crippen LogP contribution in [0.5, 0.6) is 0 Å². The topological polar surface area (TPSA) is 49.7 Å². The molecule has 1 amide bonds. The molecule has 2 rings (SSSR count). The quantitative estimate of drug-likeness (QED) is 0.473. The van der Waals surface area contributed by atoms with E-state index in [2.05, 4.69) is 4.99 Å². The molecule has 0 aromatic heterocycles. The Morgan fingerprint density at radius 1 is 1.47 bits per heavy atom. The predicted molar refractivity (Wildman–Crippen MR) is 73.7 cm³/mol. The molecular formula is C14H11ClN2O2. The molecular weight excluding hydrogens is 264 g/mol. The number of rotatable bonds is 2. The minimum Gasteiger partial charge on any atom is -0.328 e. The SMILES string of the molecule is Cc1cccc(N2CC=CC(C(=O)N=C=O)=C2Cl)c1. The molecule has 4 nitrogen and oxygen atoms in total. The minimum absolute atomic E-state index is 0.192. The fraction of sp³-hybridized carbons (Fsp3) is 0.143. The molecule has 0 aliphatic carbocycles. The van der Waals surface area contributed by atoms with Crippen LogP contribution in [0.1, 0.15) is 5.56 Å². The Kier molecular flexibility index (Phi) is 3.95. The third kappa shape index (κ3) is 2.81. The molecule has 0 atom stereocenters. The van der Waals surface area contributed by atoms with Gasteiger partial charge in [-0.3, -0.25) is 4.79 Å². The van der Waals surface area contributed by atoms with Crippen molar-refractivity contribution in [2.75, 3.05) is 11.4 Å². The summed E-state index contributed by atoms with van der Waals surface area (Å²) in [6, 6.07) is 7.76. The van der Waals surface area contributed by atoms with E-state index in [0.29, 0.717) is 6.54 Å². The van der Waals surface area contributed by atoms with E-state index < -0.39 is 5.91 Å². The zero-order valence-corrected chi connectivity index (χ0v) is 11.0. The van der Waals surface area contributed by atoms with Crippen molar-refractivity contribution in [1.82, 2.24) is 0 Å². The van der Waals surface area contributed by atoms with Crippen molar-refractivity contribution in [3.63, 3.8) is 0 Å². The van der Waals surface area contributed by atoms with Gasteiger partial charge in [-0.25, -0.2) is 4.79 Å². The van der Waals surface area contributed by atoms with Gasteiger partial charge in [0.05, 0.1) is 5.57 Å². The first-order valence-corrected chi connectivity index (χ1v) is 6.04. The Hall–Kier alpha value is -2.16. The Labute approximate surface area is 115 Å². The summed E-state index contributed by atoms with van der Waals surface area (Å²) in [5.41, 5.74) is 2.17. The first-order valence-electron chi connectivity index (χ1n) is 5.66. The molecule has 0 fully saturated rings. The third-order valence-corrected chi connectivity index (χ3v) is 3.13. The number of hydrogen-bond donors (Lipinski definition) is 0. The Morgan fingerprint density at radius 2 is 2.26 bits per heavy atom. The van der Waals surface area contributed by atoms with Gasteiger partial charge >= 0.3 is 0 Å². The lowest BCUT2D eigenvalue weighted by Crippen LogP contribution is -2.25. The molecule has 1 heterocycles. The van der Waals surface area contributed by atoms with Gasteiger partial charge in [0.15, 0.2) is 0 Å². The molecule has 1 aromatic rings. The van der Waals surface area contributed by atoms with Crippen LogP contribution in [0.15, 0.2) is 52.1 Å². The van der Waals surface area contributed by atoms with Crippen molar-refractivity contribution in [2.45, 2.75) is 6.92 Å². The normalized spacial score (nSPS) is 14.3. The summed E-state index contributed by atoms with van der Waals surface area (Å²) in [4.78, 5) is 26.6. The summed E-state index contributed by atoms with van der Waals surface area (Å²) >= 11 is 6.21. The number of hydrogen-bond acceptors (Lipinski definition) is 3. The van der Waals surface area contributed by atoms with E-state index in [1.807, 2.05) is 31.2 Å². The number of carbonyl (C=O) groups excluding carboxylic acids is 2. The van der Waals surface area contributed by atoms with Gasteiger partial charge in [-0.15, -0.1) is 4.99 Å². The van der Waals surface area contributed by atoms with Crippen LogP contribution >= 0.6 is 11.6 Å². The van der Waals surface area contributed by atoms with E-state index in [1.54, 1.807) is 17.1 Å². The van der Waals surface area contributed by atoms with Gasteiger partial charge in [0.1, 0.15) is 5.16 Å². The number of halogens is 1. The van der Waals surface area contributed by atoms with E-state index in [1.165, 1.54) is 6.08 Å². The zero-order chi connectivity index (χ0) is 13.8. The standard InChI is InChI=1S/C14H11ClN2O2/c1-10-4-2-5-11(8-10)17-7-3-6-12(13(17)15)14(19)16-9-18/h2-6,8H,7H2,1H3. The molecule has 1 aromatic carbocycles. The summed E-state index contributed by atoms with van der Waals surface area (Å²) in [6.07, 6.45) is 4.59. The Bertz CT molecular complexity index is 628. The van der Waals surface area contributed by atoms with Gasteiger partial charge in [-0.1, -0.05) is 29.8 Å². The van der Waals surface area contributed by atoms with Crippen LogP contribution in [0.4, 0.5) is 5.69 Å². The van der Waals surface area contributed by atoms with Gasteiger partial charge in [0, 0.05) is 12.2 Å². The lowest BCUT2D eigenvalue weighted by Gasteiger charge is -2.26. The molecule has 1 aliphatic heterocycles. The third-order valence-electron chi connectivity index (χ3n) is 2.72. The van der Waals surface area contributed by atoms with E-state index in [4.69, 9.17) is 11.6 Å². The summed E-state index contributed by atoms with van der Waals surface area (Å²) in [7, 11) is 0. The number of carbonyl (C=O) groups is 1. The van der Waals surface area contributed by atoms with Crippen LogP contribution < -0.4 is 4.90 Å². The number of anilines is 1. The van der Waals surface area contributed by atoms with Crippen LogP contribution in [-0.4, -0.2) is 18.5 Å². The molecule has 0 spiro atoms. The molecule has 1 aliphatic rings. The van der Waals surface area contributed by atoms with Crippen molar-refractivity contribution in [3.8, 4) is 0 Å². The summed E-state index contributed by atoms with van der Waals surface area (Å²) in [5.74, 6) is -0.686. The Balaban J connectivity index is 2.41. The molecule has 0 bridgehead atoms. The second kappa shape index (κ2) is 5.65. The minimum atomic E-state index is -0.686. The maximum atomic E-state index is 11.6. The number of isocyanates is 1. The molecule has 5 heteroatoms. The van der Waals surface area contributed by atoms with Crippen molar-refractivity contribution in [2.24, 2.45) is 4.99 Å². The molecule has 0 N–H and O–H groups in total. The van der Waals surface area contributed by atoms with E-state index in [-0.39, 0.29) is 10.7 Å². The highest BCUT2D eigenvalue weighted by Crippen LogP contribution is 2.28.